The summed E-state index contributed by atoms with van der Waals surface area (Å²) in [5.74, 6) is -1.52. The maximum absolute atomic E-state index is 11.6. The number of carbonyl (C=O) groups is 2. The molecule has 1 heterocycles. The zero-order valence-corrected chi connectivity index (χ0v) is 10.4. The molecule has 1 unspecified atom stereocenters. The highest BCUT2D eigenvalue weighted by Gasteiger charge is 2.14. The summed E-state index contributed by atoms with van der Waals surface area (Å²) in [6.07, 6.45) is -0.0819. The van der Waals surface area contributed by atoms with Crippen LogP contribution in [0.25, 0.3) is 0 Å². The lowest BCUT2D eigenvalue weighted by atomic mass is 10.3. The highest BCUT2D eigenvalue weighted by Crippen LogP contribution is 2.09. The molecule has 0 radical (unpaired) electrons. The van der Waals surface area contributed by atoms with E-state index in [-0.39, 0.29) is 22.7 Å². The van der Waals surface area contributed by atoms with Gasteiger partial charge in [0.2, 0.25) is 5.01 Å². The largest absolute Gasteiger partial charge is 0.476 e. The molecule has 17 heavy (non-hydrogen) atoms. The van der Waals surface area contributed by atoms with Gasteiger partial charge in [0.1, 0.15) is 5.69 Å². The fourth-order valence-electron chi connectivity index (χ4n) is 1.15. The van der Waals surface area contributed by atoms with Crippen molar-refractivity contribution >= 4 is 23.2 Å². The molecule has 7 heteroatoms. The Kier molecular flexibility index (Phi) is 5.05. The zero-order chi connectivity index (χ0) is 12.8. The van der Waals surface area contributed by atoms with Gasteiger partial charge >= 0.3 is 5.97 Å². The number of nitrogens with one attached hydrogen (secondary N) is 1. The molecule has 2 N–H and O–H groups in total. The van der Waals surface area contributed by atoms with E-state index in [1.54, 1.807) is 0 Å². The molecule has 0 saturated heterocycles. The average Bonchev–Trinajstić information content (AvgIpc) is 2.75. The summed E-state index contributed by atoms with van der Waals surface area (Å²) >= 11 is 0.928. The van der Waals surface area contributed by atoms with Crippen LogP contribution in [-0.4, -0.2) is 41.2 Å². The first-order valence-corrected chi connectivity index (χ1v) is 6.01. The Morgan fingerprint density at radius 1 is 1.65 bits per heavy atom. The average molecular weight is 258 g/mol. The SMILES string of the molecule is CCOC(C)CNC(=O)c1csc(C(=O)O)n1. The predicted molar refractivity (Wildman–Crippen MR) is 62.5 cm³/mol. The van der Waals surface area contributed by atoms with Gasteiger partial charge in [-0.2, -0.15) is 0 Å². The van der Waals surface area contributed by atoms with E-state index in [1.165, 1.54) is 5.38 Å². The lowest BCUT2D eigenvalue weighted by molar-refractivity contribution is 0.0688. The lowest BCUT2D eigenvalue weighted by Gasteiger charge is -2.11. The monoisotopic (exact) mass is 258 g/mol. The van der Waals surface area contributed by atoms with Crippen molar-refractivity contribution in [3.8, 4) is 0 Å². The number of carbonyl (C=O) groups excluding carboxylic acids is 1. The Labute approximate surface area is 103 Å². The third kappa shape index (κ3) is 4.12. The molecule has 0 spiro atoms. The third-order valence-electron chi connectivity index (χ3n) is 1.92. The van der Waals surface area contributed by atoms with Crippen LogP contribution < -0.4 is 5.32 Å². The Morgan fingerprint density at radius 2 is 2.35 bits per heavy atom. The summed E-state index contributed by atoms with van der Waals surface area (Å²) in [5.41, 5.74) is 0.121. The molecule has 1 rings (SSSR count). The maximum Gasteiger partial charge on any atom is 0.365 e. The summed E-state index contributed by atoms with van der Waals surface area (Å²) in [6, 6.07) is 0. The van der Waals surface area contributed by atoms with Gasteiger partial charge in [-0.05, 0) is 13.8 Å². The first-order chi connectivity index (χ1) is 8.04. The maximum atomic E-state index is 11.6. The Hall–Kier alpha value is -1.47. The van der Waals surface area contributed by atoms with Crippen molar-refractivity contribution in [2.24, 2.45) is 0 Å². The van der Waals surface area contributed by atoms with Crippen molar-refractivity contribution in [1.82, 2.24) is 10.3 Å². The van der Waals surface area contributed by atoms with Crippen molar-refractivity contribution in [2.75, 3.05) is 13.2 Å². The van der Waals surface area contributed by atoms with Crippen LogP contribution in [0, 0.1) is 0 Å². The van der Waals surface area contributed by atoms with E-state index >= 15 is 0 Å². The summed E-state index contributed by atoms with van der Waals surface area (Å²) < 4.78 is 5.24. The van der Waals surface area contributed by atoms with Gasteiger partial charge in [0.25, 0.3) is 5.91 Å². The highest BCUT2D eigenvalue weighted by atomic mass is 32.1. The molecule has 1 atom stereocenters. The number of ether oxygens (including phenoxy) is 1. The summed E-state index contributed by atoms with van der Waals surface area (Å²) in [5, 5.41) is 12.6. The van der Waals surface area contributed by atoms with Crippen molar-refractivity contribution in [3.05, 3.63) is 16.1 Å². The van der Waals surface area contributed by atoms with Crippen LogP contribution in [0.4, 0.5) is 0 Å². The van der Waals surface area contributed by atoms with E-state index in [2.05, 4.69) is 10.3 Å². The minimum absolute atomic E-state index is 0.0819. The second-order valence-electron chi connectivity index (χ2n) is 3.32. The molecule has 0 bridgehead atoms. The quantitative estimate of drug-likeness (QED) is 0.794. The molecule has 1 aromatic heterocycles. The number of nitrogens with zero attached hydrogens (tertiary/aromatic N) is 1. The van der Waals surface area contributed by atoms with E-state index in [9.17, 15) is 9.59 Å². The van der Waals surface area contributed by atoms with Crippen LogP contribution in [0.15, 0.2) is 5.38 Å². The van der Waals surface area contributed by atoms with Crippen LogP contribution >= 0.6 is 11.3 Å². The van der Waals surface area contributed by atoms with Crippen molar-refractivity contribution in [2.45, 2.75) is 20.0 Å². The molecule has 0 aliphatic carbocycles. The number of hydrogen-bond acceptors (Lipinski definition) is 5. The summed E-state index contributed by atoms with van der Waals surface area (Å²) in [4.78, 5) is 25.9. The summed E-state index contributed by atoms with van der Waals surface area (Å²) in [6.45, 7) is 4.66. The second kappa shape index (κ2) is 6.31. The molecular weight excluding hydrogens is 244 g/mol. The van der Waals surface area contributed by atoms with Crippen LogP contribution in [0.3, 0.4) is 0 Å². The molecule has 94 valence electrons. The normalized spacial score (nSPS) is 12.1. The number of aromatic nitrogens is 1. The van der Waals surface area contributed by atoms with Gasteiger partial charge in [0.05, 0.1) is 6.10 Å². The highest BCUT2D eigenvalue weighted by molar-refractivity contribution is 7.11. The van der Waals surface area contributed by atoms with Gasteiger partial charge in [0, 0.05) is 18.5 Å². The fraction of sp³-hybridized carbons (Fsp3) is 0.500. The van der Waals surface area contributed by atoms with E-state index in [1.807, 2.05) is 13.8 Å². The zero-order valence-electron chi connectivity index (χ0n) is 9.60. The number of hydrogen-bond donors (Lipinski definition) is 2. The number of carboxylic acids is 1. The number of carboxylic acid groups (broad SMARTS) is 1. The lowest BCUT2D eigenvalue weighted by Crippen LogP contribution is -2.32. The Morgan fingerprint density at radius 3 is 2.88 bits per heavy atom. The predicted octanol–water partition coefficient (Wildman–Crippen LogP) is 0.996. The van der Waals surface area contributed by atoms with Crippen LogP contribution in [0.5, 0.6) is 0 Å². The van der Waals surface area contributed by atoms with Gasteiger partial charge in [-0.25, -0.2) is 9.78 Å². The smallest absolute Gasteiger partial charge is 0.365 e. The number of thiazole rings is 1. The standard InChI is InChI=1S/C10H14N2O4S/c1-3-16-6(2)4-11-8(13)7-5-17-9(12-7)10(14)15/h5-6H,3-4H2,1-2H3,(H,11,13)(H,14,15). The van der Waals surface area contributed by atoms with Gasteiger partial charge in [-0.3, -0.25) is 4.79 Å². The molecule has 0 fully saturated rings. The van der Waals surface area contributed by atoms with Crippen LogP contribution in [-0.2, 0) is 4.74 Å². The van der Waals surface area contributed by atoms with E-state index in [0.717, 1.165) is 11.3 Å². The van der Waals surface area contributed by atoms with Gasteiger partial charge in [-0.15, -0.1) is 11.3 Å². The minimum Gasteiger partial charge on any atom is -0.476 e. The van der Waals surface area contributed by atoms with Crippen molar-refractivity contribution < 1.29 is 19.4 Å². The van der Waals surface area contributed by atoms with E-state index in [4.69, 9.17) is 9.84 Å². The molecule has 0 saturated carbocycles. The third-order valence-corrected chi connectivity index (χ3v) is 2.75. The Balaban J connectivity index is 2.49. The molecular formula is C10H14N2O4S. The van der Waals surface area contributed by atoms with Gasteiger partial charge < -0.3 is 15.2 Å². The van der Waals surface area contributed by atoms with Gasteiger partial charge in [-0.1, -0.05) is 0 Å². The number of amides is 1. The second-order valence-corrected chi connectivity index (χ2v) is 4.18. The number of rotatable bonds is 6. The summed E-state index contributed by atoms with van der Waals surface area (Å²) in [7, 11) is 0. The molecule has 0 aromatic carbocycles. The van der Waals surface area contributed by atoms with Crippen molar-refractivity contribution in [3.63, 3.8) is 0 Å². The molecule has 0 aliphatic heterocycles. The first-order valence-electron chi connectivity index (χ1n) is 5.13. The minimum atomic E-state index is -1.13. The number of aromatic carboxylic acids is 1. The topological polar surface area (TPSA) is 88.5 Å². The van der Waals surface area contributed by atoms with E-state index in [0.29, 0.717) is 13.2 Å². The van der Waals surface area contributed by atoms with Crippen LogP contribution in [0.2, 0.25) is 0 Å². The van der Waals surface area contributed by atoms with E-state index < -0.39 is 5.97 Å². The van der Waals surface area contributed by atoms with Crippen LogP contribution in [0.1, 0.15) is 34.1 Å². The molecule has 6 nitrogen and oxygen atoms in total. The Bertz CT molecular complexity index is 405. The molecule has 1 amide bonds. The van der Waals surface area contributed by atoms with Gasteiger partial charge in [0.15, 0.2) is 0 Å². The first kappa shape index (κ1) is 13.6. The molecule has 1 aromatic rings. The fourth-order valence-corrected chi connectivity index (χ4v) is 1.78. The van der Waals surface area contributed by atoms with Crippen molar-refractivity contribution in [1.29, 1.82) is 0 Å². The molecule has 0 aliphatic rings.